The van der Waals surface area contributed by atoms with Gasteiger partial charge in [0.15, 0.2) is 0 Å². The summed E-state index contributed by atoms with van der Waals surface area (Å²) < 4.78 is 0. The third kappa shape index (κ3) is 5.42. The van der Waals surface area contributed by atoms with Gasteiger partial charge in [-0.3, -0.25) is 4.79 Å². The van der Waals surface area contributed by atoms with Gasteiger partial charge >= 0.3 is 0 Å². The Balaban J connectivity index is 2.23. The number of amides is 1. The molecule has 0 aromatic heterocycles. The molecular formula is C12H16ClNOS. The fraction of sp³-hybridized carbons (Fsp3) is 0.417. The Hall–Kier alpha value is -0.670. The van der Waals surface area contributed by atoms with E-state index in [9.17, 15) is 4.79 Å². The van der Waals surface area contributed by atoms with E-state index in [1.54, 1.807) is 11.8 Å². The lowest BCUT2D eigenvalue weighted by molar-refractivity contribution is -0.121. The van der Waals surface area contributed by atoms with Crippen LogP contribution >= 0.6 is 23.4 Å². The Morgan fingerprint density at radius 2 is 2.06 bits per heavy atom. The average Bonchev–Trinajstić information content (AvgIpc) is 2.29. The lowest BCUT2D eigenvalue weighted by atomic mass is 10.2. The first kappa shape index (κ1) is 13.4. The van der Waals surface area contributed by atoms with E-state index in [0.29, 0.717) is 13.0 Å². The molecule has 16 heavy (non-hydrogen) atoms. The van der Waals surface area contributed by atoms with E-state index in [4.69, 9.17) is 11.6 Å². The van der Waals surface area contributed by atoms with Gasteiger partial charge in [0.05, 0.1) is 0 Å². The molecule has 0 aliphatic heterocycles. The summed E-state index contributed by atoms with van der Waals surface area (Å²) in [5.74, 6) is 1.15. The largest absolute Gasteiger partial charge is 0.352 e. The van der Waals surface area contributed by atoms with Crippen molar-refractivity contribution < 1.29 is 4.79 Å². The number of rotatable bonds is 6. The standard InChI is InChI=1S/C12H16ClNOS/c1-16-8-2-3-12(15)14-9-10-4-6-11(13)7-5-10/h4-7H,2-3,8-9H2,1H3,(H,14,15). The van der Waals surface area contributed by atoms with Crippen molar-refractivity contribution in [3.05, 3.63) is 34.9 Å². The number of hydrogen-bond acceptors (Lipinski definition) is 2. The lowest BCUT2D eigenvalue weighted by Gasteiger charge is -2.05. The number of carbonyl (C=O) groups is 1. The SMILES string of the molecule is CSCCCC(=O)NCc1ccc(Cl)cc1. The lowest BCUT2D eigenvalue weighted by Crippen LogP contribution is -2.22. The van der Waals surface area contributed by atoms with E-state index in [0.717, 1.165) is 22.8 Å². The highest BCUT2D eigenvalue weighted by molar-refractivity contribution is 7.98. The maximum Gasteiger partial charge on any atom is 0.220 e. The number of thioether (sulfide) groups is 1. The first-order valence-electron chi connectivity index (χ1n) is 5.22. The molecule has 0 fully saturated rings. The quantitative estimate of drug-likeness (QED) is 0.794. The second-order valence-electron chi connectivity index (χ2n) is 3.50. The number of hydrogen-bond donors (Lipinski definition) is 1. The first-order chi connectivity index (χ1) is 7.72. The van der Waals surface area contributed by atoms with Gasteiger partial charge in [0.2, 0.25) is 5.91 Å². The highest BCUT2D eigenvalue weighted by Crippen LogP contribution is 2.09. The maximum atomic E-state index is 11.4. The Kier molecular flexibility index (Phi) is 6.34. The monoisotopic (exact) mass is 257 g/mol. The van der Waals surface area contributed by atoms with Crippen molar-refractivity contribution in [3.8, 4) is 0 Å². The first-order valence-corrected chi connectivity index (χ1v) is 6.99. The van der Waals surface area contributed by atoms with Gasteiger partial charge in [-0.05, 0) is 36.1 Å². The molecule has 0 bridgehead atoms. The smallest absolute Gasteiger partial charge is 0.220 e. The highest BCUT2D eigenvalue weighted by Gasteiger charge is 2.00. The highest BCUT2D eigenvalue weighted by atomic mass is 35.5. The summed E-state index contributed by atoms with van der Waals surface area (Å²) in [6.07, 6.45) is 3.59. The normalized spacial score (nSPS) is 10.1. The minimum Gasteiger partial charge on any atom is -0.352 e. The Bertz CT molecular complexity index is 326. The van der Waals surface area contributed by atoms with Crippen LogP contribution in [-0.4, -0.2) is 17.9 Å². The molecule has 0 aliphatic rings. The minimum absolute atomic E-state index is 0.115. The fourth-order valence-electron chi connectivity index (χ4n) is 1.27. The van der Waals surface area contributed by atoms with Crippen LogP contribution in [-0.2, 0) is 11.3 Å². The van der Waals surface area contributed by atoms with E-state index >= 15 is 0 Å². The summed E-state index contributed by atoms with van der Waals surface area (Å²) >= 11 is 7.53. The van der Waals surface area contributed by atoms with E-state index in [2.05, 4.69) is 5.32 Å². The zero-order valence-corrected chi connectivity index (χ0v) is 10.9. The summed E-state index contributed by atoms with van der Waals surface area (Å²) in [5, 5.41) is 3.60. The molecule has 0 atom stereocenters. The van der Waals surface area contributed by atoms with Crippen molar-refractivity contribution in [2.75, 3.05) is 12.0 Å². The molecule has 0 aliphatic carbocycles. The van der Waals surface area contributed by atoms with Crippen molar-refractivity contribution in [1.82, 2.24) is 5.32 Å². The zero-order chi connectivity index (χ0) is 11.8. The molecule has 1 aromatic rings. The van der Waals surface area contributed by atoms with Gasteiger partial charge < -0.3 is 5.32 Å². The van der Waals surface area contributed by atoms with Crippen molar-refractivity contribution in [1.29, 1.82) is 0 Å². The van der Waals surface area contributed by atoms with Crippen LogP contribution in [0.25, 0.3) is 0 Å². The average molecular weight is 258 g/mol. The van der Waals surface area contributed by atoms with Crippen molar-refractivity contribution in [3.63, 3.8) is 0 Å². The summed E-state index contributed by atoms with van der Waals surface area (Å²) in [4.78, 5) is 11.4. The van der Waals surface area contributed by atoms with Crippen LogP contribution in [0.5, 0.6) is 0 Å². The van der Waals surface area contributed by atoms with Crippen molar-refractivity contribution >= 4 is 29.3 Å². The molecule has 2 nitrogen and oxygen atoms in total. The fourth-order valence-corrected chi connectivity index (χ4v) is 1.83. The predicted octanol–water partition coefficient (Wildman–Crippen LogP) is 3.10. The zero-order valence-electron chi connectivity index (χ0n) is 9.33. The maximum absolute atomic E-state index is 11.4. The molecule has 0 radical (unpaired) electrons. The summed E-state index contributed by atoms with van der Waals surface area (Å²) in [5.41, 5.74) is 1.07. The van der Waals surface area contributed by atoms with Crippen molar-refractivity contribution in [2.24, 2.45) is 0 Å². The van der Waals surface area contributed by atoms with E-state index in [1.165, 1.54) is 0 Å². The Labute approximate surface area is 106 Å². The number of nitrogens with one attached hydrogen (secondary N) is 1. The minimum atomic E-state index is 0.115. The van der Waals surface area contributed by atoms with Gasteiger partial charge in [0.25, 0.3) is 0 Å². The van der Waals surface area contributed by atoms with Gasteiger partial charge in [0, 0.05) is 18.0 Å². The van der Waals surface area contributed by atoms with Crippen molar-refractivity contribution in [2.45, 2.75) is 19.4 Å². The van der Waals surface area contributed by atoms with Crippen LogP contribution in [0.2, 0.25) is 5.02 Å². The van der Waals surface area contributed by atoms with Gasteiger partial charge in [-0.25, -0.2) is 0 Å². The van der Waals surface area contributed by atoms with Crippen LogP contribution < -0.4 is 5.32 Å². The molecule has 0 saturated carbocycles. The summed E-state index contributed by atoms with van der Waals surface area (Å²) in [6, 6.07) is 7.50. The molecule has 1 amide bonds. The molecule has 4 heteroatoms. The Morgan fingerprint density at radius 1 is 1.38 bits per heavy atom. The molecule has 88 valence electrons. The molecule has 0 heterocycles. The van der Waals surface area contributed by atoms with E-state index in [1.807, 2.05) is 30.5 Å². The molecule has 1 aromatic carbocycles. The number of benzene rings is 1. The summed E-state index contributed by atoms with van der Waals surface area (Å²) in [7, 11) is 0. The second-order valence-corrected chi connectivity index (χ2v) is 4.92. The second kappa shape index (κ2) is 7.58. The number of halogens is 1. The van der Waals surface area contributed by atoms with Crippen LogP contribution in [0.4, 0.5) is 0 Å². The van der Waals surface area contributed by atoms with Gasteiger partial charge in [0.1, 0.15) is 0 Å². The third-order valence-corrected chi connectivity index (χ3v) is 3.10. The molecule has 0 unspecified atom stereocenters. The van der Waals surface area contributed by atoms with Crippen LogP contribution in [0.15, 0.2) is 24.3 Å². The molecule has 0 spiro atoms. The van der Waals surface area contributed by atoms with Gasteiger partial charge in [-0.2, -0.15) is 11.8 Å². The molecule has 1 rings (SSSR count). The predicted molar refractivity (Wildman–Crippen MR) is 70.9 cm³/mol. The van der Waals surface area contributed by atoms with E-state index < -0.39 is 0 Å². The van der Waals surface area contributed by atoms with Gasteiger partial charge in [-0.1, -0.05) is 23.7 Å². The van der Waals surface area contributed by atoms with Crippen LogP contribution in [0.3, 0.4) is 0 Å². The van der Waals surface area contributed by atoms with E-state index in [-0.39, 0.29) is 5.91 Å². The van der Waals surface area contributed by atoms with Crippen LogP contribution in [0, 0.1) is 0 Å². The molecular weight excluding hydrogens is 242 g/mol. The van der Waals surface area contributed by atoms with Crippen LogP contribution in [0.1, 0.15) is 18.4 Å². The molecule has 1 N–H and O–H groups in total. The summed E-state index contributed by atoms with van der Waals surface area (Å²) in [6.45, 7) is 0.579. The number of carbonyl (C=O) groups excluding carboxylic acids is 1. The topological polar surface area (TPSA) is 29.1 Å². The Morgan fingerprint density at radius 3 is 2.69 bits per heavy atom. The molecule has 0 saturated heterocycles. The third-order valence-electron chi connectivity index (χ3n) is 2.16. The van der Waals surface area contributed by atoms with Gasteiger partial charge in [-0.15, -0.1) is 0 Å².